The van der Waals surface area contributed by atoms with Crippen LogP contribution in [0.2, 0.25) is 0 Å². The first kappa shape index (κ1) is 13.0. The molecule has 0 radical (unpaired) electrons. The van der Waals surface area contributed by atoms with Crippen LogP contribution >= 0.6 is 15.9 Å². The average Bonchev–Trinajstić information content (AvgIpc) is 2.83. The van der Waals surface area contributed by atoms with Gasteiger partial charge in [0.25, 0.3) is 5.91 Å². The van der Waals surface area contributed by atoms with Crippen LogP contribution in [0.15, 0.2) is 27.3 Å². The Labute approximate surface area is 114 Å². The molecule has 0 aliphatic rings. The Bertz CT molecular complexity index is 583. The summed E-state index contributed by atoms with van der Waals surface area (Å²) in [5, 5.41) is 0. The molecule has 2 rings (SSSR count). The normalized spacial score (nSPS) is 11.2. The van der Waals surface area contributed by atoms with Crippen molar-refractivity contribution in [3.05, 3.63) is 34.1 Å². The van der Waals surface area contributed by atoms with E-state index in [0.717, 1.165) is 11.4 Å². The van der Waals surface area contributed by atoms with Crippen LogP contribution in [-0.4, -0.2) is 10.5 Å². The van der Waals surface area contributed by atoms with Crippen LogP contribution in [0.25, 0.3) is 11.5 Å². The second-order valence-electron chi connectivity index (χ2n) is 4.43. The Morgan fingerprint density at radius 3 is 2.61 bits per heavy atom. The van der Waals surface area contributed by atoms with E-state index in [1.165, 1.54) is 0 Å². The van der Waals surface area contributed by atoms with E-state index >= 15 is 0 Å². The maximum atomic E-state index is 11.5. The minimum Gasteiger partial charge on any atom is -0.463 e. The number of furan rings is 1. The van der Waals surface area contributed by atoms with Gasteiger partial charge in [0.15, 0.2) is 5.76 Å². The molecule has 1 amide bonds. The van der Waals surface area contributed by atoms with Crippen molar-refractivity contribution in [1.29, 1.82) is 0 Å². The Balaban J connectivity index is 2.79. The van der Waals surface area contributed by atoms with Gasteiger partial charge in [-0.05, 0) is 48.8 Å². The molecule has 0 unspecified atom stereocenters. The highest BCUT2D eigenvalue weighted by molar-refractivity contribution is 9.10. The predicted octanol–water partition coefficient (Wildman–Crippen LogP) is 3.50. The molecule has 0 aromatic carbocycles. The van der Waals surface area contributed by atoms with Gasteiger partial charge in [-0.15, -0.1) is 0 Å². The summed E-state index contributed by atoms with van der Waals surface area (Å²) in [4.78, 5) is 11.5. The fraction of sp³-hybridized carbons (Fsp3) is 0.308. The topological polar surface area (TPSA) is 61.2 Å². The Kier molecular flexibility index (Phi) is 3.34. The second-order valence-corrected chi connectivity index (χ2v) is 5.22. The molecule has 18 heavy (non-hydrogen) atoms. The molecule has 2 heterocycles. The van der Waals surface area contributed by atoms with E-state index in [4.69, 9.17) is 10.2 Å². The summed E-state index contributed by atoms with van der Waals surface area (Å²) in [5.41, 5.74) is 7.64. The van der Waals surface area contributed by atoms with Gasteiger partial charge < -0.3 is 14.7 Å². The highest BCUT2D eigenvalue weighted by Crippen LogP contribution is 2.37. The second kappa shape index (κ2) is 4.65. The molecule has 0 aliphatic carbocycles. The van der Waals surface area contributed by atoms with E-state index in [-0.39, 0.29) is 6.04 Å². The number of hydrogen-bond donors (Lipinski definition) is 1. The van der Waals surface area contributed by atoms with Crippen molar-refractivity contribution in [3.63, 3.8) is 0 Å². The third kappa shape index (κ3) is 1.88. The van der Waals surface area contributed by atoms with Crippen molar-refractivity contribution in [2.24, 2.45) is 5.73 Å². The number of amides is 1. The van der Waals surface area contributed by atoms with Crippen LogP contribution in [-0.2, 0) is 0 Å². The van der Waals surface area contributed by atoms with Crippen LogP contribution in [0.1, 0.15) is 35.9 Å². The number of rotatable bonds is 3. The van der Waals surface area contributed by atoms with Gasteiger partial charge in [0, 0.05) is 11.7 Å². The largest absolute Gasteiger partial charge is 0.463 e. The number of primary amides is 1. The van der Waals surface area contributed by atoms with Gasteiger partial charge in [0.05, 0.1) is 22.0 Å². The first-order chi connectivity index (χ1) is 8.45. The number of halogens is 1. The molecule has 0 atom stereocenters. The van der Waals surface area contributed by atoms with Gasteiger partial charge in [0.1, 0.15) is 0 Å². The Morgan fingerprint density at radius 2 is 2.17 bits per heavy atom. The Hall–Kier alpha value is -1.49. The number of nitrogens with zero attached hydrogens (tertiary/aromatic N) is 1. The summed E-state index contributed by atoms with van der Waals surface area (Å²) >= 11 is 3.46. The van der Waals surface area contributed by atoms with Gasteiger partial charge in [-0.25, -0.2) is 0 Å². The predicted molar refractivity (Wildman–Crippen MR) is 73.5 cm³/mol. The van der Waals surface area contributed by atoms with Crippen LogP contribution < -0.4 is 5.73 Å². The minimum atomic E-state index is -0.438. The highest BCUT2D eigenvalue weighted by atomic mass is 79.9. The van der Waals surface area contributed by atoms with Crippen LogP contribution in [0, 0.1) is 6.92 Å². The van der Waals surface area contributed by atoms with Gasteiger partial charge in [-0.1, -0.05) is 0 Å². The molecule has 5 heteroatoms. The van der Waals surface area contributed by atoms with Gasteiger partial charge in [-0.3, -0.25) is 4.79 Å². The monoisotopic (exact) mass is 310 g/mol. The van der Waals surface area contributed by atoms with E-state index in [9.17, 15) is 4.79 Å². The smallest absolute Gasteiger partial charge is 0.251 e. The third-order valence-electron chi connectivity index (χ3n) is 2.91. The molecule has 0 saturated heterocycles. The summed E-state index contributed by atoms with van der Waals surface area (Å²) in [6.45, 7) is 5.99. The standard InChI is InChI=1S/C13H15BrN2O2/c1-7(2)16-8(3)10(13(15)17)11(14)12(16)9-5-4-6-18-9/h4-7H,1-3H3,(H2,15,17). The molecule has 2 aromatic heterocycles. The average molecular weight is 311 g/mol. The van der Waals surface area contributed by atoms with Gasteiger partial charge in [-0.2, -0.15) is 0 Å². The van der Waals surface area contributed by atoms with Gasteiger partial charge >= 0.3 is 0 Å². The van der Waals surface area contributed by atoms with E-state index in [2.05, 4.69) is 29.8 Å². The maximum absolute atomic E-state index is 11.5. The molecule has 0 spiro atoms. The lowest BCUT2D eigenvalue weighted by Gasteiger charge is -2.14. The van der Waals surface area contributed by atoms with Crippen LogP contribution in [0.5, 0.6) is 0 Å². The van der Waals surface area contributed by atoms with Gasteiger partial charge in [0.2, 0.25) is 0 Å². The zero-order valence-corrected chi connectivity index (χ0v) is 12.1. The summed E-state index contributed by atoms with van der Waals surface area (Å²) < 4.78 is 8.17. The summed E-state index contributed by atoms with van der Waals surface area (Å²) in [6.07, 6.45) is 1.61. The molecular weight excluding hydrogens is 296 g/mol. The molecule has 0 aliphatic heterocycles. The maximum Gasteiger partial charge on any atom is 0.251 e. The van der Waals surface area contributed by atoms with Crippen molar-refractivity contribution in [2.75, 3.05) is 0 Å². The van der Waals surface area contributed by atoms with E-state index in [1.807, 2.05) is 23.6 Å². The lowest BCUT2D eigenvalue weighted by Crippen LogP contribution is -2.13. The zero-order chi connectivity index (χ0) is 13.4. The number of hydrogen-bond acceptors (Lipinski definition) is 2. The minimum absolute atomic E-state index is 0.203. The lowest BCUT2D eigenvalue weighted by atomic mass is 10.2. The van der Waals surface area contributed by atoms with Crippen molar-refractivity contribution in [2.45, 2.75) is 26.8 Å². The SMILES string of the molecule is Cc1c(C(N)=O)c(Br)c(-c2ccco2)n1C(C)C. The summed E-state index contributed by atoms with van der Waals surface area (Å²) in [5.74, 6) is 0.276. The fourth-order valence-electron chi connectivity index (χ4n) is 2.24. The summed E-state index contributed by atoms with van der Waals surface area (Å²) in [6, 6.07) is 3.89. The molecule has 0 bridgehead atoms. The van der Waals surface area contributed by atoms with E-state index in [1.54, 1.807) is 6.26 Å². The molecule has 4 nitrogen and oxygen atoms in total. The molecule has 0 saturated carbocycles. The summed E-state index contributed by atoms with van der Waals surface area (Å²) in [7, 11) is 0. The van der Waals surface area contributed by atoms with Crippen molar-refractivity contribution in [1.82, 2.24) is 4.57 Å². The van der Waals surface area contributed by atoms with Crippen molar-refractivity contribution in [3.8, 4) is 11.5 Å². The van der Waals surface area contributed by atoms with E-state index < -0.39 is 5.91 Å². The molecule has 2 N–H and O–H groups in total. The van der Waals surface area contributed by atoms with Crippen LogP contribution in [0.4, 0.5) is 0 Å². The van der Waals surface area contributed by atoms with E-state index in [0.29, 0.717) is 15.8 Å². The molecule has 96 valence electrons. The number of carbonyl (C=O) groups is 1. The first-order valence-electron chi connectivity index (χ1n) is 5.69. The number of carbonyl (C=O) groups excluding carboxylic acids is 1. The fourth-order valence-corrected chi connectivity index (χ4v) is 3.11. The third-order valence-corrected chi connectivity index (χ3v) is 3.68. The molecule has 0 fully saturated rings. The zero-order valence-electron chi connectivity index (χ0n) is 10.5. The molecular formula is C13H15BrN2O2. The van der Waals surface area contributed by atoms with Crippen LogP contribution in [0.3, 0.4) is 0 Å². The molecule has 2 aromatic rings. The number of aromatic nitrogens is 1. The Morgan fingerprint density at radius 1 is 1.50 bits per heavy atom. The highest BCUT2D eigenvalue weighted by Gasteiger charge is 2.25. The van der Waals surface area contributed by atoms with Crippen molar-refractivity contribution >= 4 is 21.8 Å². The lowest BCUT2D eigenvalue weighted by molar-refractivity contribution is 0.0999. The van der Waals surface area contributed by atoms with Crippen molar-refractivity contribution < 1.29 is 9.21 Å². The first-order valence-corrected chi connectivity index (χ1v) is 6.48. The quantitative estimate of drug-likeness (QED) is 0.943. The number of nitrogens with two attached hydrogens (primary N) is 1.